The molecule has 2 N–H and O–H groups in total. The van der Waals surface area contributed by atoms with Gasteiger partial charge in [0.05, 0.1) is 9.90 Å². The van der Waals surface area contributed by atoms with Crippen molar-refractivity contribution in [2.45, 2.75) is 32.1 Å². The van der Waals surface area contributed by atoms with Gasteiger partial charge >= 0.3 is 0 Å². The van der Waals surface area contributed by atoms with Crippen LogP contribution in [0.5, 0.6) is 5.75 Å². The molecule has 0 saturated heterocycles. The predicted molar refractivity (Wildman–Crippen MR) is 98.1 cm³/mol. The molecule has 1 aliphatic rings. The zero-order chi connectivity index (χ0) is 18.5. The second kappa shape index (κ2) is 8.51. The average Bonchev–Trinajstić information content (AvgIpc) is 2.89. The standard InChI is InChI=1S/C18H18ClFN2O3S/c19-13-9-12(20)6-7-14(13)25-10-17(23)21-22-18(24)16-8-11-4-2-1-3-5-15(11)26-16/h6-9H,1-5,10H2,(H,21,23)(H,22,24). The summed E-state index contributed by atoms with van der Waals surface area (Å²) < 4.78 is 18.2. The lowest BCUT2D eigenvalue weighted by Gasteiger charge is -2.09. The van der Waals surface area contributed by atoms with E-state index in [1.807, 2.05) is 6.07 Å². The molecule has 0 bridgehead atoms. The Morgan fingerprint density at radius 2 is 1.96 bits per heavy atom. The molecule has 2 amide bonds. The van der Waals surface area contributed by atoms with Crippen LogP contribution in [0.15, 0.2) is 24.3 Å². The van der Waals surface area contributed by atoms with Crippen molar-refractivity contribution in [2.75, 3.05) is 6.61 Å². The Kier molecular flexibility index (Phi) is 6.11. The largest absolute Gasteiger partial charge is 0.482 e. The molecule has 3 rings (SSSR count). The molecule has 26 heavy (non-hydrogen) atoms. The molecule has 0 spiro atoms. The van der Waals surface area contributed by atoms with E-state index in [-0.39, 0.29) is 23.3 Å². The van der Waals surface area contributed by atoms with Crippen LogP contribution in [0.1, 0.15) is 39.4 Å². The highest BCUT2D eigenvalue weighted by Crippen LogP contribution is 2.29. The Bertz CT molecular complexity index is 801. The van der Waals surface area contributed by atoms with Crippen molar-refractivity contribution in [1.82, 2.24) is 10.9 Å². The lowest BCUT2D eigenvalue weighted by Crippen LogP contribution is -2.43. The first-order chi connectivity index (χ1) is 12.5. The van der Waals surface area contributed by atoms with Crippen molar-refractivity contribution in [1.29, 1.82) is 0 Å². The van der Waals surface area contributed by atoms with Gasteiger partial charge in [0.25, 0.3) is 11.8 Å². The summed E-state index contributed by atoms with van der Waals surface area (Å²) in [7, 11) is 0. The first-order valence-corrected chi connectivity index (χ1v) is 9.51. The van der Waals surface area contributed by atoms with E-state index < -0.39 is 11.7 Å². The normalized spacial score (nSPS) is 13.5. The Morgan fingerprint density at radius 3 is 2.77 bits per heavy atom. The summed E-state index contributed by atoms with van der Waals surface area (Å²) in [5.74, 6) is -1.20. The molecule has 1 aliphatic carbocycles. The van der Waals surface area contributed by atoms with E-state index in [0.29, 0.717) is 4.88 Å². The molecule has 138 valence electrons. The number of carbonyl (C=O) groups excluding carboxylic acids is 2. The van der Waals surface area contributed by atoms with Gasteiger partial charge < -0.3 is 4.74 Å². The average molecular weight is 397 g/mol. The van der Waals surface area contributed by atoms with Gasteiger partial charge in [-0.15, -0.1) is 11.3 Å². The monoisotopic (exact) mass is 396 g/mol. The lowest BCUT2D eigenvalue weighted by molar-refractivity contribution is -0.123. The molecule has 1 heterocycles. The van der Waals surface area contributed by atoms with Crippen LogP contribution in [0.2, 0.25) is 5.02 Å². The molecular formula is C18H18ClFN2O3S. The number of amides is 2. The zero-order valence-corrected chi connectivity index (χ0v) is 15.5. The predicted octanol–water partition coefficient (Wildman–Crippen LogP) is 3.65. The molecule has 1 aromatic heterocycles. The minimum absolute atomic E-state index is 0.0712. The van der Waals surface area contributed by atoms with E-state index in [1.165, 1.54) is 40.3 Å². The van der Waals surface area contributed by atoms with Gasteiger partial charge in [-0.3, -0.25) is 20.4 Å². The molecule has 0 unspecified atom stereocenters. The van der Waals surface area contributed by atoms with E-state index in [2.05, 4.69) is 10.9 Å². The van der Waals surface area contributed by atoms with Gasteiger partial charge in [-0.1, -0.05) is 18.0 Å². The third kappa shape index (κ3) is 4.74. The van der Waals surface area contributed by atoms with E-state index in [9.17, 15) is 14.0 Å². The fourth-order valence-electron chi connectivity index (χ4n) is 2.74. The van der Waals surface area contributed by atoms with E-state index in [0.717, 1.165) is 31.7 Å². The lowest BCUT2D eigenvalue weighted by atomic mass is 10.1. The molecular weight excluding hydrogens is 379 g/mol. The van der Waals surface area contributed by atoms with Crippen LogP contribution in [0.25, 0.3) is 0 Å². The van der Waals surface area contributed by atoms with Gasteiger partial charge in [0.1, 0.15) is 11.6 Å². The number of benzene rings is 1. The molecule has 0 saturated carbocycles. The highest BCUT2D eigenvalue weighted by molar-refractivity contribution is 7.14. The Labute approximate surface area is 159 Å². The van der Waals surface area contributed by atoms with Crippen LogP contribution in [-0.2, 0) is 17.6 Å². The quantitative estimate of drug-likeness (QED) is 0.612. The van der Waals surface area contributed by atoms with Crippen LogP contribution in [0, 0.1) is 5.82 Å². The number of fused-ring (bicyclic) bond motifs is 1. The van der Waals surface area contributed by atoms with Crippen molar-refractivity contribution in [3.63, 3.8) is 0 Å². The van der Waals surface area contributed by atoms with Crippen LogP contribution in [0.4, 0.5) is 4.39 Å². The third-order valence-electron chi connectivity index (χ3n) is 4.04. The first kappa shape index (κ1) is 18.7. The van der Waals surface area contributed by atoms with Crippen molar-refractivity contribution in [2.24, 2.45) is 0 Å². The summed E-state index contributed by atoms with van der Waals surface area (Å²) >= 11 is 7.29. The maximum absolute atomic E-state index is 13.0. The summed E-state index contributed by atoms with van der Waals surface area (Å²) in [4.78, 5) is 25.8. The molecule has 0 atom stereocenters. The van der Waals surface area contributed by atoms with E-state index >= 15 is 0 Å². The number of hydrogen-bond acceptors (Lipinski definition) is 4. The topological polar surface area (TPSA) is 67.4 Å². The minimum Gasteiger partial charge on any atom is -0.482 e. The Balaban J connectivity index is 1.49. The van der Waals surface area contributed by atoms with Gasteiger partial charge in [0.2, 0.25) is 0 Å². The van der Waals surface area contributed by atoms with Crippen LogP contribution in [-0.4, -0.2) is 18.4 Å². The van der Waals surface area contributed by atoms with Crippen molar-refractivity contribution in [3.8, 4) is 5.75 Å². The smallest absolute Gasteiger partial charge is 0.279 e. The number of rotatable bonds is 4. The number of hydrazine groups is 1. The van der Waals surface area contributed by atoms with Gasteiger partial charge in [-0.25, -0.2) is 4.39 Å². The minimum atomic E-state index is -0.545. The summed E-state index contributed by atoms with van der Waals surface area (Å²) in [5, 5.41) is 0.0712. The molecule has 0 aliphatic heterocycles. The van der Waals surface area contributed by atoms with Gasteiger partial charge in [-0.2, -0.15) is 0 Å². The van der Waals surface area contributed by atoms with Crippen molar-refractivity contribution >= 4 is 34.8 Å². The van der Waals surface area contributed by atoms with Crippen LogP contribution < -0.4 is 15.6 Å². The molecule has 2 aromatic rings. The summed E-state index contributed by atoms with van der Waals surface area (Å²) in [6.07, 6.45) is 5.51. The van der Waals surface area contributed by atoms with Crippen molar-refractivity contribution in [3.05, 3.63) is 50.4 Å². The van der Waals surface area contributed by atoms with Crippen LogP contribution >= 0.6 is 22.9 Å². The molecule has 8 heteroatoms. The number of aryl methyl sites for hydroxylation is 2. The second-order valence-corrected chi connectivity index (χ2v) is 7.53. The van der Waals surface area contributed by atoms with E-state index in [4.69, 9.17) is 16.3 Å². The zero-order valence-electron chi connectivity index (χ0n) is 13.9. The number of nitrogens with one attached hydrogen (secondary N) is 2. The van der Waals surface area contributed by atoms with Gasteiger partial charge in [0.15, 0.2) is 6.61 Å². The summed E-state index contributed by atoms with van der Waals surface area (Å²) in [5.41, 5.74) is 5.92. The Morgan fingerprint density at radius 1 is 1.15 bits per heavy atom. The highest BCUT2D eigenvalue weighted by Gasteiger charge is 2.17. The summed E-state index contributed by atoms with van der Waals surface area (Å²) in [6, 6.07) is 5.52. The molecule has 1 aromatic carbocycles. The fraction of sp³-hybridized carbons (Fsp3) is 0.333. The van der Waals surface area contributed by atoms with Crippen LogP contribution in [0.3, 0.4) is 0 Å². The highest BCUT2D eigenvalue weighted by atomic mass is 35.5. The molecule has 0 radical (unpaired) electrons. The second-order valence-electron chi connectivity index (χ2n) is 5.99. The fourth-order valence-corrected chi connectivity index (χ4v) is 4.11. The third-order valence-corrected chi connectivity index (χ3v) is 5.57. The van der Waals surface area contributed by atoms with Gasteiger partial charge in [0, 0.05) is 4.88 Å². The maximum Gasteiger partial charge on any atom is 0.279 e. The van der Waals surface area contributed by atoms with Gasteiger partial charge in [-0.05, 0) is 55.5 Å². The molecule has 0 fully saturated rings. The van der Waals surface area contributed by atoms with E-state index in [1.54, 1.807) is 0 Å². The molecule has 5 nitrogen and oxygen atoms in total. The summed E-state index contributed by atoms with van der Waals surface area (Å²) in [6.45, 7) is -0.355. The number of ether oxygens (including phenoxy) is 1. The van der Waals surface area contributed by atoms with Crippen molar-refractivity contribution < 1.29 is 18.7 Å². The SMILES string of the molecule is O=C(COc1ccc(F)cc1Cl)NNC(=O)c1cc2c(s1)CCCCC2. The first-order valence-electron chi connectivity index (χ1n) is 8.31. The number of halogens is 2. The number of thiophene rings is 1. The number of carbonyl (C=O) groups is 2. The Hall–Kier alpha value is -2.12. The number of hydrogen-bond donors (Lipinski definition) is 2. The maximum atomic E-state index is 13.0.